The van der Waals surface area contributed by atoms with Crippen molar-refractivity contribution < 1.29 is 9.21 Å². The highest BCUT2D eigenvalue weighted by atomic mass is 32.2. The zero-order valence-corrected chi connectivity index (χ0v) is 12.7. The van der Waals surface area contributed by atoms with Gasteiger partial charge < -0.3 is 15.5 Å². The molecule has 1 aromatic heterocycles. The Hall–Kier alpha value is -1.69. The van der Waals surface area contributed by atoms with Crippen LogP contribution in [-0.4, -0.2) is 22.2 Å². The molecule has 0 spiro atoms. The fraction of sp³-hybridized carbons (Fsp3) is 0.429. The smallest absolute Gasteiger partial charge is 0.257 e. The van der Waals surface area contributed by atoms with Crippen LogP contribution < -0.4 is 11.1 Å². The largest absolute Gasteiger partial charge is 0.431 e. The molecule has 0 saturated heterocycles. The molecule has 108 valence electrons. The third-order valence-corrected chi connectivity index (χ3v) is 3.98. The monoisotopic (exact) mass is 293 g/mol. The number of hydrogen-bond donors (Lipinski definition) is 2. The summed E-state index contributed by atoms with van der Waals surface area (Å²) in [7, 11) is 0. The van der Waals surface area contributed by atoms with Gasteiger partial charge in [0.1, 0.15) is 5.52 Å². The van der Waals surface area contributed by atoms with E-state index in [4.69, 9.17) is 10.2 Å². The number of nitrogens with two attached hydrogens (primary N) is 1. The summed E-state index contributed by atoms with van der Waals surface area (Å²) in [5.74, 6) is -0.00822. The van der Waals surface area contributed by atoms with E-state index in [0.717, 1.165) is 11.9 Å². The summed E-state index contributed by atoms with van der Waals surface area (Å²) in [5, 5.41) is 3.17. The first-order chi connectivity index (χ1) is 9.49. The SMILES string of the molecule is CCC(C)NC(=O)C(C)Sc1nc2ccc(N)cc2o1. The number of fused-ring (bicyclic) bond motifs is 1. The van der Waals surface area contributed by atoms with Crippen LogP contribution in [0.4, 0.5) is 5.69 Å². The van der Waals surface area contributed by atoms with E-state index in [1.165, 1.54) is 11.8 Å². The second kappa shape index (κ2) is 6.17. The first kappa shape index (κ1) is 14.7. The summed E-state index contributed by atoms with van der Waals surface area (Å²) < 4.78 is 5.59. The summed E-state index contributed by atoms with van der Waals surface area (Å²) in [4.78, 5) is 16.3. The molecular weight excluding hydrogens is 274 g/mol. The van der Waals surface area contributed by atoms with E-state index < -0.39 is 0 Å². The maximum Gasteiger partial charge on any atom is 0.257 e. The third-order valence-electron chi connectivity index (χ3n) is 3.04. The molecule has 20 heavy (non-hydrogen) atoms. The van der Waals surface area contributed by atoms with Gasteiger partial charge in [-0.3, -0.25) is 4.79 Å². The lowest BCUT2D eigenvalue weighted by Crippen LogP contribution is -2.37. The van der Waals surface area contributed by atoms with Crippen molar-refractivity contribution in [2.45, 2.75) is 43.7 Å². The number of thioether (sulfide) groups is 1. The van der Waals surface area contributed by atoms with Crippen LogP contribution >= 0.6 is 11.8 Å². The molecule has 6 heteroatoms. The number of carbonyl (C=O) groups excluding carboxylic acids is 1. The summed E-state index contributed by atoms with van der Waals surface area (Å²) in [6.45, 7) is 5.86. The Bertz CT molecular complexity index is 611. The molecule has 2 aromatic rings. The van der Waals surface area contributed by atoms with Gasteiger partial charge in [0.15, 0.2) is 5.58 Å². The molecule has 0 saturated carbocycles. The minimum Gasteiger partial charge on any atom is -0.431 e. The molecule has 1 amide bonds. The van der Waals surface area contributed by atoms with Crippen LogP contribution in [-0.2, 0) is 4.79 Å². The molecule has 0 radical (unpaired) electrons. The second-order valence-electron chi connectivity index (χ2n) is 4.78. The third kappa shape index (κ3) is 3.45. The van der Waals surface area contributed by atoms with Gasteiger partial charge in [0.05, 0.1) is 5.25 Å². The topological polar surface area (TPSA) is 81.2 Å². The summed E-state index contributed by atoms with van der Waals surface area (Å²) in [5.41, 5.74) is 7.71. The van der Waals surface area contributed by atoms with Crippen molar-refractivity contribution >= 4 is 34.5 Å². The van der Waals surface area contributed by atoms with Gasteiger partial charge >= 0.3 is 0 Å². The number of anilines is 1. The van der Waals surface area contributed by atoms with Gasteiger partial charge in [-0.1, -0.05) is 18.7 Å². The number of benzene rings is 1. The molecule has 0 aliphatic rings. The number of nitrogen functional groups attached to an aromatic ring is 1. The Morgan fingerprint density at radius 3 is 2.95 bits per heavy atom. The summed E-state index contributed by atoms with van der Waals surface area (Å²) in [6, 6.07) is 5.49. The Morgan fingerprint density at radius 2 is 2.25 bits per heavy atom. The van der Waals surface area contributed by atoms with Crippen molar-refractivity contribution in [3.63, 3.8) is 0 Å². The van der Waals surface area contributed by atoms with E-state index in [2.05, 4.69) is 10.3 Å². The predicted molar refractivity (Wildman–Crippen MR) is 81.6 cm³/mol. The van der Waals surface area contributed by atoms with Crippen LogP contribution in [0.3, 0.4) is 0 Å². The molecule has 0 aliphatic carbocycles. The molecule has 2 rings (SSSR count). The number of rotatable bonds is 5. The number of carbonyl (C=O) groups is 1. The van der Waals surface area contributed by atoms with Crippen molar-refractivity contribution in [2.75, 3.05) is 5.73 Å². The van der Waals surface area contributed by atoms with Crippen LogP contribution in [0.1, 0.15) is 27.2 Å². The molecule has 5 nitrogen and oxygen atoms in total. The average Bonchev–Trinajstić information content (AvgIpc) is 2.79. The minimum atomic E-state index is -0.255. The highest BCUT2D eigenvalue weighted by Crippen LogP contribution is 2.27. The molecule has 2 atom stereocenters. The second-order valence-corrected chi connectivity index (χ2v) is 6.08. The average molecular weight is 293 g/mol. The Kier molecular flexibility index (Phi) is 4.54. The maximum atomic E-state index is 12.0. The van der Waals surface area contributed by atoms with Gasteiger partial charge in [-0.15, -0.1) is 0 Å². The van der Waals surface area contributed by atoms with Gasteiger partial charge in [0.25, 0.3) is 5.22 Å². The van der Waals surface area contributed by atoms with Crippen molar-refractivity contribution in [1.29, 1.82) is 0 Å². The molecule has 3 N–H and O–H groups in total. The Balaban J connectivity index is 2.05. The van der Waals surface area contributed by atoms with Crippen LogP contribution in [0, 0.1) is 0 Å². The first-order valence-corrected chi connectivity index (χ1v) is 7.50. The lowest BCUT2D eigenvalue weighted by Gasteiger charge is -2.14. The van der Waals surface area contributed by atoms with Gasteiger partial charge in [-0.25, -0.2) is 4.98 Å². The van der Waals surface area contributed by atoms with Gasteiger partial charge in [-0.05, 0) is 32.4 Å². The van der Waals surface area contributed by atoms with E-state index in [9.17, 15) is 4.79 Å². The van der Waals surface area contributed by atoms with Crippen molar-refractivity contribution in [2.24, 2.45) is 0 Å². The zero-order valence-electron chi connectivity index (χ0n) is 11.8. The first-order valence-electron chi connectivity index (χ1n) is 6.62. The van der Waals surface area contributed by atoms with Gasteiger partial charge in [0.2, 0.25) is 5.91 Å². The fourth-order valence-electron chi connectivity index (χ4n) is 1.64. The number of nitrogens with zero attached hydrogens (tertiary/aromatic N) is 1. The van der Waals surface area contributed by atoms with Crippen molar-refractivity contribution in [3.8, 4) is 0 Å². The molecule has 0 bridgehead atoms. The van der Waals surface area contributed by atoms with E-state index in [1.807, 2.05) is 26.8 Å². The fourth-order valence-corrected chi connectivity index (χ4v) is 2.40. The molecular formula is C14H19N3O2S. The normalized spacial score (nSPS) is 14.2. The molecule has 0 fully saturated rings. The number of nitrogens with one attached hydrogen (secondary N) is 1. The van der Waals surface area contributed by atoms with Crippen molar-refractivity contribution in [3.05, 3.63) is 18.2 Å². The van der Waals surface area contributed by atoms with E-state index >= 15 is 0 Å². The quantitative estimate of drug-likeness (QED) is 0.654. The van der Waals surface area contributed by atoms with E-state index in [-0.39, 0.29) is 17.2 Å². The highest BCUT2D eigenvalue weighted by Gasteiger charge is 2.19. The van der Waals surface area contributed by atoms with E-state index in [0.29, 0.717) is 16.5 Å². The minimum absolute atomic E-state index is 0.00822. The molecule has 1 aromatic carbocycles. The lowest BCUT2D eigenvalue weighted by molar-refractivity contribution is -0.120. The molecule has 1 heterocycles. The predicted octanol–water partition coefficient (Wildman–Crippen LogP) is 2.81. The summed E-state index contributed by atoms with van der Waals surface area (Å²) >= 11 is 1.31. The zero-order chi connectivity index (χ0) is 14.7. The van der Waals surface area contributed by atoms with Crippen molar-refractivity contribution in [1.82, 2.24) is 10.3 Å². The number of amides is 1. The van der Waals surface area contributed by atoms with Crippen LogP contribution in [0.2, 0.25) is 0 Å². The molecule has 2 unspecified atom stereocenters. The summed E-state index contributed by atoms with van der Waals surface area (Å²) in [6.07, 6.45) is 0.908. The number of aromatic nitrogens is 1. The number of hydrogen-bond acceptors (Lipinski definition) is 5. The van der Waals surface area contributed by atoms with Gasteiger partial charge in [-0.2, -0.15) is 0 Å². The molecule has 0 aliphatic heterocycles. The standard InChI is InChI=1S/C14H19N3O2S/c1-4-8(2)16-13(18)9(3)20-14-17-11-6-5-10(15)7-12(11)19-14/h5-9H,4,15H2,1-3H3,(H,16,18). The highest BCUT2D eigenvalue weighted by molar-refractivity contribution is 8.00. The number of oxazole rings is 1. The lowest BCUT2D eigenvalue weighted by atomic mass is 10.2. The van der Waals surface area contributed by atoms with E-state index in [1.54, 1.807) is 12.1 Å². The van der Waals surface area contributed by atoms with Gasteiger partial charge in [0, 0.05) is 17.8 Å². The maximum absolute atomic E-state index is 12.0. The van der Waals surface area contributed by atoms with Crippen LogP contribution in [0.15, 0.2) is 27.8 Å². The Labute approximate surface area is 122 Å². The Morgan fingerprint density at radius 1 is 1.50 bits per heavy atom. The van der Waals surface area contributed by atoms with Crippen LogP contribution in [0.25, 0.3) is 11.1 Å². The van der Waals surface area contributed by atoms with Crippen LogP contribution in [0.5, 0.6) is 0 Å².